The SMILES string of the molecule is C/C(=N/NC(=O)c1ccccc1O)c1c(O)n(C2CCCCC2)c(=O)[nH]c1=O. The number of benzene rings is 1. The van der Waals surface area contributed by atoms with Crippen molar-refractivity contribution >= 4 is 11.6 Å². The van der Waals surface area contributed by atoms with Gasteiger partial charge in [-0.3, -0.25) is 19.1 Å². The molecule has 3 rings (SSSR count). The number of rotatable bonds is 4. The number of phenolic OH excluding ortho intramolecular Hbond substituents is 1. The van der Waals surface area contributed by atoms with E-state index in [1.165, 1.54) is 23.6 Å². The van der Waals surface area contributed by atoms with Gasteiger partial charge in [0.25, 0.3) is 11.5 Å². The van der Waals surface area contributed by atoms with E-state index in [1.807, 2.05) is 0 Å². The number of para-hydroxylation sites is 1. The maximum absolute atomic E-state index is 12.2. The molecule has 1 aliphatic rings. The number of amides is 1. The lowest BCUT2D eigenvalue weighted by Gasteiger charge is -2.25. The van der Waals surface area contributed by atoms with Gasteiger partial charge in [0.15, 0.2) is 0 Å². The highest BCUT2D eigenvalue weighted by Crippen LogP contribution is 2.30. The van der Waals surface area contributed by atoms with E-state index >= 15 is 0 Å². The van der Waals surface area contributed by atoms with Gasteiger partial charge in [-0.15, -0.1) is 0 Å². The Bertz CT molecular complexity index is 1030. The molecule has 0 spiro atoms. The van der Waals surface area contributed by atoms with Crippen molar-refractivity contribution in [1.29, 1.82) is 0 Å². The highest BCUT2D eigenvalue weighted by Gasteiger charge is 2.24. The summed E-state index contributed by atoms with van der Waals surface area (Å²) in [6.07, 6.45) is 4.42. The minimum Gasteiger partial charge on any atom is -0.507 e. The molecule has 0 aliphatic heterocycles. The molecule has 1 saturated carbocycles. The van der Waals surface area contributed by atoms with Crippen LogP contribution in [0.1, 0.15) is 61.0 Å². The summed E-state index contributed by atoms with van der Waals surface area (Å²) in [5.74, 6) is -1.34. The molecule has 0 radical (unpaired) electrons. The molecular formula is C19H22N4O5. The molecule has 2 aromatic rings. The fourth-order valence-corrected chi connectivity index (χ4v) is 3.46. The quantitative estimate of drug-likeness (QED) is 0.467. The van der Waals surface area contributed by atoms with Gasteiger partial charge in [-0.2, -0.15) is 5.10 Å². The maximum atomic E-state index is 12.2. The zero-order valence-electron chi connectivity index (χ0n) is 15.4. The Kier molecular flexibility index (Phi) is 5.62. The smallest absolute Gasteiger partial charge is 0.331 e. The number of H-pyrrole nitrogens is 1. The normalized spacial score (nSPS) is 15.4. The van der Waals surface area contributed by atoms with E-state index in [-0.39, 0.29) is 28.6 Å². The van der Waals surface area contributed by atoms with Gasteiger partial charge in [0.1, 0.15) is 11.3 Å². The summed E-state index contributed by atoms with van der Waals surface area (Å²) < 4.78 is 1.19. The zero-order chi connectivity index (χ0) is 20.3. The second kappa shape index (κ2) is 8.12. The predicted molar refractivity (Wildman–Crippen MR) is 103 cm³/mol. The average Bonchev–Trinajstić information content (AvgIpc) is 2.67. The van der Waals surface area contributed by atoms with Gasteiger partial charge in [0, 0.05) is 6.04 Å². The number of carbonyl (C=O) groups excluding carboxylic acids is 1. The number of hydrazone groups is 1. The molecule has 1 aliphatic carbocycles. The molecule has 28 heavy (non-hydrogen) atoms. The molecule has 1 heterocycles. The molecule has 9 heteroatoms. The van der Waals surface area contributed by atoms with Crippen molar-refractivity contribution < 1.29 is 15.0 Å². The first kappa shape index (κ1) is 19.4. The minimum atomic E-state index is -0.785. The number of aromatic nitrogens is 2. The Labute approximate surface area is 160 Å². The highest BCUT2D eigenvalue weighted by atomic mass is 16.3. The van der Waals surface area contributed by atoms with Gasteiger partial charge in [0.2, 0.25) is 5.88 Å². The van der Waals surface area contributed by atoms with Crippen LogP contribution < -0.4 is 16.7 Å². The lowest BCUT2D eigenvalue weighted by atomic mass is 9.95. The van der Waals surface area contributed by atoms with Gasteiger partial charge in [-0.1, -0.05) is 31.4 Å². The van der Waals surface area contributed by atoms with E-state index in [4.69, 9.17) is 0 Å². The van der Waals surface area contributed by atoms with Crippen LogP contribution in [0.25, 0.3) is 0 Å². The van der Waals surface area contributed by atoms with E-state index in [0.29, 0.717) is 0 Å². The fraction of sp³-hybridized carbons (Fsp3) is 0.368. The van der Waals surface area contributed by atoms with Gasteiger partial charge in [-0.05, 0) is 31.9 Å². The van der Waals surface area contributed by atoms with Gasteiger partial charge >= 0.3 is 5.69 Å². The van der Waals surface area contributed by atoms with Crippen LogP contribution in [0.3, 0.4) is 0 Å². The van der Waals surface area contributed by atoms with Crippen molar-refractivity contribution in [2.75, 3.05) is 0 Å². The molecule has 0 unspecified atom stereocenters. The summed E-state index contributed by atoms with van der Waals surface area (Å²) >= 11 is 0. The van der Waals surface area contributed by atoms with E-state index in [2.05, 4.69) is 15.5 Å². The summed E-state index contributed by atoms with van der Waals surface area (Å²) in [7, 11) is 0. The van der Waals surface area contributed by atoms with Crippen LogP contribution in [0, 0.1) is 0 Å². The minimum absolute atomic E-state index is 0.0179. The fourth-order valence-electron chi connectivity index (χ4n) is 3.46. The Morgan fingerprint density at radius 1 is 1.18 bits per heavy atom. The number of aromatic amines is 1. The number of phenols is 1. The predicted octanol–water partition coefficient (Wildman–Crippen LogP) is 1.61. The van der Waals surface area contributed by atoms with E-state index in [1.54, 1.807) is 12.1 Å². The molecule has 9 nitrogen and oxygen atoms in total. The van der Waals surface area contributed by atoms with E-state index in [9.17, 15) is 24.6 Å². The summed E-state index contributed by atoms with van der Waals surface area (Å²) in [5.41, 5.74) is 0.671. The second-order valence-corrected chi connectivity index (χ2v) is 6.78. The van der Waals surface area contributed by atoms with Gasteiger partial charge < -0.3 is 10.2 Å². The zero-order valence-corrected chi connectivity index (χ0v) is 15.4. The van der Waals surface area contributed by atoms with E-state index in [0.717, 1.165) is 32.1 Å². The van der Waals surface area contributed by atoms with Gasteiger partial charge in [-0.25, -0.2) is 10.2 Å². The van der Waals surface area contributed by atoms with Gasteiger partial charge in [0.05, 0.1) is 11.3 Å². The van der Waals surface area contributed by atoms with Crippen molar-refractivity contribution in [3.05, 3.63) is 56.2 Å². The summed E-state index contributed by atoms with van der Waals surface area (Å²) in [4.78, 5) is 38.8. The third-order valence-corrected chi connectivity index (χ3v) is 4.89. The Morgan fingerprint density at radius 3 is 2.54 bits per heavy atom. The third-order valence-electron chi connectivity index (χ3n) is 4.89. The number of hydrogen-bond acceptors (Lipinski definition) is 6. The molecule has 1 amide bonds. The summed E-state index contributed by atoms with van der Waals surface area (Å²) in [6.45, 7) is 1.44. The average molecular weight is 386 g/mol. The number of carbonyl (C=O) groups is 1. The van der Waals surface area contributed by atoms with Crippen LogP contribution >= 0.6 is 0 Å². The number of aromatic hydroxyl groups is 2. The highest BCUT2D eigenvalue weighted by molar-refractivity contribution is 6.02. The van der Waals surface area contributed by atoms with Crippen molar-refractivity contribution in [2.45, 2.75) is 45.1 Å². The van der Waals surface area contributed by atoms with Crippen LogP contribution in [-0.2, 0) is 0 Å². The number of hydrogen-bond donors (Lipinski definition) is 4. The van der Waals surface area contributed by atoms with E-state index < -0.39 is 23.0 Å². The van der Waals surface area contributed by atoms with Crippen molar-refractivity contribution in [1.82, 2.24) is 15.0 Å². The Balaban J connectivity index is 1.93. The molecule has 1 fully saturated rings. The Hall–Kier alpha value is -3.36. The Morgan fingerprint density at radius 2 is 1.86 bits per heavy atom. The molecule has 148 valence electrons. The molecule has 0 bridgehead atoms. The maximum Gasteiger partial charge on any atom is 0.331 e. The van der Waals surface area contributed by atoms with Crippen LogP contribution in [-0.4, -0.2) is 31.4 Å². The summed E-state index contributed by atoms with van der Waals surface area (Å²) in [6, 6.07) is 5.75. The molecule has 4 N–H and O–H groups in total. The van der Waals surface area contributed by atoms with Crippen LogP contribution in [0.2, 0.25) is 0 Å². The first-order valence-corrected chi connectivity index (χ1v) is 9.11. The van der Waals surface area contributed by atoms with Crippen LogP contribution in [0.5, 0.6) is 11.6 Å². The molecular weight excluding hydrogens is 364 g/mol. The number of nitrogens with zero attached hydrogens (tertiary/aromatic N) is 2. The molecule has 0 saturated heterocycles. The number of nitrogens with one attached hydrogen (secondary N) is 2. The van der Waals surface area contributed by atoms with Crippen molar-refractivity contribution in [3.63, 3.8) is 0 Å². The van der Waals surface area contributed by atoms with Crippen LogP contribution in [0.15, 0.2) is 39.0 Å². The first-order valence-electron chi connectivity index (χ1n) is 9.11. The lowest BCUT2D eigenvalue weighted by molar-refractivity contribution is 0.0952. The van der Waals surface area contributed by atoms with Crippen molar-refractivity contribution in [3.8, 4) is 11.6 Å². The van der Waals surface area contributed by atoms with Crippen molar-refractivity contribution in [2.24, 2.45) is 5.10 Å². The summed E-state index contributed by atoms with van der Waals surface area (Å²) in [5, 5.41) is 24.2. The largest absolute Gasteiger partial charge is 0.507 e. The standard InChI is InChI=1S/C19H22N4O5/c1-11(21-22-16(25)13-9-5-6-10-14(13)24)15-17(26)20-19(28)23(18(15)27)12-7-3-2-4-8-12/h5-6,9-10,12,24,27H,2-4,7-8H2,1H3,(H,22,25)(H,20,26,28)/b21-11-. The van der Waals surface area contributed by atoms with Crippen LogP contribution in [0.4, 0.5) is 0 Å². The first-order chi connectivity index (χ1) is 13.4. The topological polar surface area (TPSA) is 137 Å². The third kappa shape index (κ3) is 3.83. The molecule has 1 aromatic carbocycles. The second-order valence-electron chi connectivity index (χ2n) is 6.78. The molecule has 0 atom stereocenters. The lowest BCUT2D eigenvalue weighted by Crippen LogP contribution is -2.36. The monoisotopic (exact) mass is 386 g/mol. The molecule has 1 aromatic heterocycles.